The lowest BCUT2D eigenvalue weighted by atomic mass is 10.2. The Morgan fingerprint density at radius 2 is 2.22 bits per heavy atom. The lowest BCUT2D eigenvalue weighted by Gasteiger charge is -2.17. The van der Waals surface area contributed by atoms with E-state index in [-0.39, 0.29) is 17.4 Å². The van der Waals surface area contributed by atoms with E-state index < -0.39 is 0 Å². The Kier molecular flexibility index (Phi) is 4.82. The molecule has 0 aliphatic rings. The van der Waals surface area contributed by atoms with Crippen LogP contribution in [0.4, 0.5) is 4.39 Å². The van der Waals surface area contributed by atoms with Crippen molar-refractivity contribution < 1.29 is 4.39 Å². The number of fused-ring (bicyclic) bond motifs is 1. The summed E-state index contributed by atoms with van der Waals surface area (Å²) in [6.45, 7) is 4.07. The summed E-state index contributed by atoms with van der Waals surface area (Å²) in [5.41, 5.74) is 1.63. The number of hydrogen-bond donors (Lipinski definition) is 0. The van der Waals surface area contributed by atoms with Gasteiger partial charge in [0.05, 0.1) is 5.52 Å². The summed E-state index contributed by atoms with van der Waals surface area (Å²) in [7, 11) is 0. The highest BCUT2D eigenvalue weighted by molar-refractivity contribution is 7.98. The summed E-state index contributed by atoms with van der Waals surface area (Å²) >= 11 is 2.90. The highest BCUT2D eigenvalue weighted by Crippen LogP contribution is 2.26. The summed E-state index contributed by atoms with van der Waals surface area (Å²) in [5, 5.41) is 2.58. The fourth-order valence-electron chi connectivity index (χ4n) is 2.35. The molecule has 0 bridgehead atoms. The molecule has 0 unspecified atom stereocenters. The van der Waals surface area contributed by atoms with Crippen molar-refractivity contribution >= 4 is 33.3 Å². The Morgan fingerprint density at radius 3 is 2.96 bits per heavy atom. The molecule has 3 rings (SSSR count). The van der Waals surface area contributed by atoms with E-state index in [0.717, 1.165) is 17.5 Å². The van der Waals surface area contributed by atoms with Gasteiger partial charge in [-0.05, 0) is 42.5 Å². The van der Waals surface area contributed by atoms with E-state index in [4.69, 9.17) is 0 Å². The van der Waals surface area contributed by atoms with Crippen LogP contribution in [0.25, 0.3) is 10.2 Å². The predicted octanol–water partition coefficient (Wildman–Crippen LogP) is 4.86. The van der Waals surface area contributed by atoms with Gasteiger partial charge in [0.2, 0.25) is 0 Å². The minimum Gasteiger partial charge on any atom is -0.284 e. The molecule has 0 N–H and O–H groups in total. The Balaban J connectivity index is 1.99. The molecule has 0 aliphatic carbocycles. The second-order valence-corrected chi connectivity index (χ2v) is 7.24. The monoisotopic (exact) mass is 348 g/mol. The Bertz CT molecular complexity index is 888. The zero-order valence-corrected chi connectivity index (χ0v) is 14.6. The Hall–Kier alpha value is -1.66. The molecule has 0 saturated heterocycles. The van der Waals surface area contributed by atoms with E-state index in [0.29, 0.717) is 15.6 Å². The van der Waals surface area contributed by atoms with Crippen LogP contribution in [0.15, 0.2) is 45.7 Å². The minimum atomic E-state index is -0.247. The molecule has 120 valence electrons. The molecule has 3 nitrogen and oxygen atoms in total. The van der Waals surface area contributed by atoms with Crippen molar-refractivity contribution in [3.05, 3.63) is 57.4 Å². The third-order valence-electron chi connectivity index (χ3n) is 3.77. The number of rotatable bonds is 5. The molecule has 2 heterocycles. The largest absolute Gasteiger partial charge is 0.284 e. The van der Waals surface area contributed by atoms with Crippen LogP contribution in [0, 0.1) is 5.82 Å². The van der Waals surface area contributed by atoms with Crippen LogP contribution < -0.4 is 5.56 Å². The molecule has 0 aliphatic heterocycles. The van der Waals surface area contributed by atoms with Gasteiger partial charge in [-0.25, -0.2) is 9.37 Å². The van der Waals surface area contributed by atoms with Gasteiger partial charge in [-0.1, -0.05) is 30.8 Å². The highest BCUT2D eigenvalue weighted by atomic mass is 32.2. The molecule has 1 aromatic carbocycles. The van der Waals surface area contributed by atoms with Crippen LogP contribution in [-0.2, 0) is 5.75 Å². The summed E-state index contributed by atoms with van der Waals surface area (Å²) in [6, 6.07) is 8.47. The molecular weight excluding hydrogens is 331 g/mol. The lowest BCUT2D eigenvalue weighted by molar-refractivity contribution is 0.468. The zero-order chi connectivity index (χ0) is 16.4. The average molecular weight is 348 g/mol. The van der Waals surface area contributed by atoms with Gasteiger partial charge in [-0.2, -0.15) is 0 Å². The van der Waals surface area contributed by atoms with Crippen molar-refractivity contribution in [1.29, 1.82) is 0 Å². The Labute approximate surface area is 142 Å². The first-order chi connectivity index (χ1) is 11.1. The van der Waals surface area contributed by atoms with Gasteiger partial charge in [-0.15, -0.1) is 11.3 Å². The molecule has 2 aromatic heterocycles. The van der Waals surface area contributed by atoms with Crippen molar-refractivity contribution in [3.8, 4) is 0 Å². The summed E-state index contributed by atoms with van der Waals surface area (Å²) in [5.74, 6) is 0.333. The van der Waals surface area contributed by atoms with Crippen LogP contribution in [0.2, 0.25) is 0 Å². The van der Waals surface area contributed by atoms with E-state index in [2.05, 4.69) is 11.9 Å². The van der Waals surface area contributed by atoms with Crippen LogP contribution in [0.3, 0.4) is 0 Å². The van der Waals surface area contributed by atoms with Crippen LogP contribution in [-0.4, -0.2) is 9.55 Å². The summed E-state index contributed by atoms with van der Waals surface area (Å²) < 4.78 is 15.8. The number of benzene rings is 1. The smallest absolute Gasteiger partial charge is 0.272 e. The third kappa shape index (κ3) is 3.33. The van der Waals surface area contributed by atoms with Gasteiger partial charge in [0.15, 0.2) is 5.16 Å². The van der Waals surface area contributed by atoms with Gasteiger partial charge in [0.25, 0.3) is 5.56 Å². The van der Waals surface area contributed by atoms with Crippen molar-refractivity contribution in [3.63, 3.8) is 0 Å². The van der Waals surface area contributed by atoms with Crippen molar-refractivity contribution in [2.75, 3.05) is 0 Å². The first-order valence-electron chi connectivity index (χ1n) is 7.47. The first-order valence-corrected chi connectivity index (χ1v) is 9.33. The highest BCUT2D eigenvalue weighted by Gasteiger charge is 2.16. The first kappa shape index (κ1) is 16.2. The number of thiophene rings is 1. The predicted molar refractivity (Wildman–Crippen MR) is 94.8 cm³/mol. The van der Waals surface area contributed by atoms with Gasteiger partial charge in [0, 0.05) is 11.8 Å². The van der Waals surface area contributed by atoms with Crippen LogP contribution in [0.1, 0.15) is 31.9 Å². The fraction of sp³-hybridized carbons (Fsp3) is 0.294. The molecule has 1 atom stereocenters. The molecule has 0 spiro atoms. The topological polar surface area (TPSA) is 34.9 Å². The summed E-state index contributed by atoms with van der Waals surface area (Å²) in [4.78, 5) is 17.4. The molecule has 3 aromatic rings. The molecule has 0 fully saturated rings. The average Bonchev–Trinajstić information content (AvgIpc) is 3.01. The number of halogens is 1. The van der Waals surface area contributed by atoms with Crippen molar-refractivity contribution in [1.82, 2.24) is 9.55 Å². The van der Waals surface area contributed by atoms with E-state index in [1.165, 1.54) is 35.2 Å². The molecule has 0 amide bonds. The Morgan fingerprint density at radius 1 is 1.39 bits per heavy atom. The van der Waals surface area contributed by atoms with Crippen LogP contribution >= 0.6 is 23.1 Å². The minimum absolute atomic E-state index is 0.0149. The molecule has 0 radical (unpaired) electrons. The maximum absolute atomic E-state index is 13.3. The molecule has 0 saturated carbocycles. The lowest BCUT2D eigenvalue weighted by Crippen LogP contribution is -2.25. The van der Waals surface area contributed by atoms with Crippen molar-refractivity contribution in [2.24, 2.45) is 0 Å². The van der Waals surface area contributed by atoms with Gasteiger partial charge < -0.3 is 0 Å². The quantitative estimate of drug-likeness (QED) is 0.488. The maximum Gasteiger partial charge on any atom is 0.272 e. The van der Waals surface area contributed by atoms with E-state index in [9.17, 15) is 9.18 Å². The second kappa shape index (κ2) is 6.84. The second-order valence-electron chi connectivity index (χ2n) is 5.38. The van der Waals surface area contributed by atoms with E-state index >= 15 is 0 Å². The van der Waals surface area contributed by atoms with Gasteiger partial charge >= 0.3 is 0 Å². The van der Waals surface area contributed by atoms with E-state index in [1.54, 1.807) is 10.6 Å². The summed E-state index contributed by atoms with van der Waals surface area (Å²) in [6.07, 6.45) is 0.853. The number of hydrogen-bond acceptors (Lipinski definition) is 4. The van der Waals surface area contributed by atoms with Crippen LogP contribution in [0.5, 0.6) is 0 Å². The maximum atomic E-state index is 13.3. The SMILES string of the molecule is CC[C@H](C)n1c(SCc2cccc(F)c2)nc2ccsc2c1=O. The molecular formula is C17H17FN2OS2. The number of thioether (sulfide) groups is 1. The number of nitrogens with zero attached hydrogens (tertiary/aromatic N) is 2. The zero-order valence-electron chi connectivity index (χ0n) is 13.0. The van der Waals surface area contributed by atoms with Crippen molar-refractivity contribution in [2.45, 2.75) is 37.2 Å². The number of aromatic nitrogens is 2. The van der Waals surface area contributed by atoms with Gasteiger partial charge in [-0.3, -0.25) is 9.36 Å². The van der Waals surface area contributed by atoms with Gasteiger partial charge in [0.1, 0.15) is 10.5 Å². The standard InChI is InChI=1S/C17H17FN2OS2/c1-3-11(2)20-16(21)15-14(7-8-22-15)19-17(20)23-10-12-5-4-6-13(18)9-12/h4-9,11H,3,10H2,1-2H3/t11-/m0/s1. The molecule has 6 heteroatoms. The molecule has 23 heavy (non-hydrogen) atoms. The third-order valence-corrected chi connectivity index (χ3v) is 5.68. The van der Waals surface area contributed by atoms with E-state index in [1.807, 2.05) is 24.4 Å². The fourth-order valence-corrected chi connectivity index (χ4v) is 4.16. The normalized spacial score (nSPS) is 12.7.